The second-order valence-corrected chi connectivity index (χ2v) is 5.64. The van der Waals surface area contributed by atoms with Gasteiger partial charge in [-0.2, -0.15) is 8.78 Å². The zero-order valence-corrected chi connectivity index (χ0v) is 14.6. The highest BCUT2D eigenvalue weighted by molar-refractivity contribution is 5.89. The SMILES string of the molecule is COC(=O)c1nc(-c2ccc(OC(F)F)c(-c3ccccc3)c2)cnc1C. The van der Waals surface area contributed by atoms with E-state index in [4.69, 9.17) is 4.74 Å². The lowest BCUT2D eigenvalue weighted by atomic mass is 10.0. The molecule has 3 aromatic rings. The van der Waals surface area contributed by atoms with Crippen molar-refractivity contribution in [2.24, 2.45) is 0 Å². The van der Waals surface area contributed by atoms with Crippen molar-refractivity contribution in [1.82, 2.24) is 9.97 Å². The van der Waals surface area contributed by atoms with Crippen molar-refractivity contribution in [3.05, 3.63) is 66.1 Å². The Bertz CT molecular complexity index is 963. The first kappa shape index (κ1) is 18.4. The molecule has 0 aliphatic heterocycles. The van der Waals surface area contributed by atoms with Gasteiger partial charge in [-0.1, -0.05) is 30.3 Å². The molecule has 0 aliphatic carbocycles. The highest BCUT2D eigenvalue weighted by Crippen LogP contribution is 2.34. The van der Waals surface area contributed by atoms with Gasteiger partial charge in [0.15, 0.2) is 5.69 Å². The van der Waals surface area contributed by atoms with Crippen molar-refractivity contribution in [1.29, 1.82) is 0 Å². The molecular weight excluding hydrogens is 354 g/mol. The Morgan fingerprint density at radius 2 is 1.81 bits per heavy atom. The Morgan fingerprint density at radius 3 is 2.48 bits per heavy atom. The zero-order chi connectivity index (χ0) is 19.4. The molecule has 0 N–H and O–H groups in total. The summed E-state index contributed by atoms with van der Waals surface area (Å²) in [7, 11) is 1.26. The molecular formula is C20H16F2N2O3. The highest BCUT2D eigenvalue weighted by atomic mass is 19.3. The Kier molecular flexibility index (Phi) is 5.40. The van der Waals surface area contributed by atoms with Crippen molar-refractivity contribution in [3.8, 4) is 28.1 Å². The van der Waals surface area contributed by atoms with Gasteiger partial charge in [-0.25, -0.2) is 9.78 Å². The lowest BCUT2D eigenvalue weighted by Crippen LogP contribution is -2.09. The van der Waals surface area contributed by atoms with Gasteiger partial charge in [0.05, 0.1) is 24.7 Å². The predicted octanol–water partition coefficient (Wildman–Crippen LogP) is 4.51. The normalized spacial score (nSPS) is 10.7. The van der Waals surface area contributed by atoms with Gasteiger partial charge in [0.25, 0.3) is 0 Å². The molecule has 0 unspecified atom stereocenters. The number of hydrogen-bond donors (Lipinski definition) is 0. The summed E-state index contributed by atoms with van der Waals surface area (Å²) in [6.07, 6.45) is 1.51. The lowest BCUT2D eigenvalue weighted by Gasteiger charge is -2.13. The third-order valence-electron chi connectivity index (χ3n) is 3.91. The number of halogens is 2. The number of ether oxygens (including phenoxy) is 2. The number of aromatic nitrogens is 2. The van der Waals surface area contributed by atoms with Gasteiger partial charge >= 0.3 is 12.6 Å². The van der Waals surface area contributed by atoms with Crippen LogP contribution in [0.4, 0.5) is 8.78 Å². The number of aryl methyl sites for hydroxylation is 1. The maximum absolute atomic E-state index is 12.8. The van der Waals surface area contributed by atoms with Crippen LogP contribution in [0.25, 0.3) is 22.4 Å². The Morgan fingerprint density at radius 1 is 1.07 bits per heavy atom. The number of hydrogen-bond acceptors (Lipinski definition) is 5. The fraction of sp³-hybridized carbons (Fsp3) is 0.150. The topological polar surface area (TPSA) is 61.3 Å². The van der Waals surface area contributed by atoms with E-state index in [2.05, 4.69) is 14.7 Å². The molecule has 7 heteroatoms. The van der Waals surface area contributed by atoms with Crippen LogP contribution >= 0.6 is 0 Å². The average molecular weight is 370 g/mol. The van der Waals surface area contributed by atoms with Crippen LogP contribution in [0.1, 0.15) is 16.2 Å². The highest BCUT2D eigenvalue weighted by Gasteiger charge is 2.16. The molecule has 0 spiro atoms. The summed E-state index contributed by atoms with van der Waals surface area (Å²) < 4.78 is 34.9. The standard InChI is InChI=1S/C20H16F2N2O3/c1-12-18(19(25)26-2)24-16(11-23-12)14-8-9-17(27-20(21)22)15(10-14)13-6-4-3-5-7-13/h3-11,20H,1-2H3. The summed E-state index contributed by atoms with van der Waals surface area (Å²) in [5.41, 5.74) is 2.75. The molecule has 0 saturated heterocycles. The minimum absolute atomic E-state index is 0.0493. The minimum Gasteiger partial charge on any atom is -0.464 e. The number of carbonyl (C=O) groups is 1. The first-order valence-electron chi connectivity index (χ1n) is 8.06. The summed E-state index contributed by atoms with van der Waals surface area (Å²) in [5.74, 6) is -0.545. The van der Waals surface area contributed by atoms with Gasteiger partial charge in [0.1, 0.15) is 5.75 Å². The predicted molar refractivity (Wildman–Crippen MR) is 95.6 cm³/mol. The lowest BCUT2D eigenvalue weighted by molar-refractivity contribution is -0.0494. The summed E-state index contributed by atoms with van der Waals surface area (Å²) in [6.45, 7) is -1.29. The number of esters is 1. The van der Waals surface area contributed by atoms with Gasteiger partial charge in [0, 0.05) is 11.1 Å². The van der Waals surface area contributed by atoms with Crippen molar-refractivity contribution >= 4 is 5.97 Å². The van der Waals surface area contributed by atoms with E-state index < -0.39 is 12.6 Å². The molecule has 0 saturated carbocycles. The molecule has 5 nitrogen and oxygen atoms in total. The fourth-order valence-corrected chi connectivity index (χ4v) is 2.61. The van der Waals surface area contributed by atoms with Gasteiger partial charge in [-0.3, -0.25) is 4.98 Å². The van der Waals surface area contributed by atoms with E-state index in [0.29, 0.717) is 28.1 Å². The molecule has 0 fully saturated rings. The summed E-state index contributed by atoms with van der Waals surface area (Å²) in [4.78, 5) is 20.3. The molecule has 2 aromatic carbocycles. The van der Waals surface area contributed by atoms with Crippen LogP contribution in [0.15, 0.2) is 54.7 Å². The van der Waals surface area contributed by atoms with E-state index in [9.17, 15) is 13.6 Å². The first-order chi connectivity index (χ1) is 13.0. The van der Waals surface area contributed by atoms with Gasteiger partial charge in [0.2, 0.25) is 0 Å². The van der Waals surface area contributed by atoms with Crippen LogP contribution in [0.5, 0.6) is 5.75 Å². The summed E-state index contributed by atoms with van der Waals surface area (Å²) >= 11 is 0. The van der Waals surface area contributed by atoms with Crippen LogP contribution in [0, 0.1) is 6.92 Å². The first-order valence-corrected chi connectivity index (χ1v) is 8.06. The van der Waals surface area contributed by atoms with Crippen LogP contribution in [-0.4, -0.2) is 29.7 Å². The van der Waals surface area contributed by atoms with E-state index >= 15 is 0 Å². The molecule has 1 heterocycles. The van der Waals surface area contributed by atoms with Crippen molar-refractivity contribution < 1.29 is 23.0 Å². The molecule has 0 amide bonds. The molecule has 138 valence electrons. The number of benzene rings is 2. The van der Waals surface area contributed by atoms with E-state index in [1.807, 2.05) is 6.07 Å². The maximum atomic E-state index is 12.8. The third-order valence-corrected chi connectivity index (χ3v) is 3.91. The molecule has 0 aliphatic rings. The molecule has 27 heavy (non-hydrogen) atoms. The van der Waals surface area contributed by atoms with Crippen LogP contribution in [0.2, 0.25) is 0 Å². The van der Waals surface area contributed by atoms with Gasteiger partial charge in [-0.05, 0) is 30.7 Å². The Hall–Kier alpha value is -3.35. The van der Waals surface area contributed by atoms with E-state index in [-0.39, 0.29) is 11.4 Å². The second-order valence-electron chi connectivity index (χ2n) is 5.64. The van der Waals surface area contributed by atoms with Crippen LogP contribution in [-0.2, 0) is 4.74 Å². The molecule has 1 aromatic heterocycles. The van der Waals surface area contributed by atoms with Crippen LogP contribution in [0.3, 0.4) is 0 Å². The third kappa shape index (κ3) is 4.08. The van der Waals surface area contributed by atoms with E-state index in [1.54, 1.807) is 43.3 Å². The summed E-state index contributed by atoms with van der Waals surface area (Å²) in [6, 6.07) is 13.7. The summed E-state index contributed by atoms with van der Waals surface area (Å²) in [5, 5.41) is 0. The Balaban J connectivity index is 2.11. The van der Waals surface area contributed by atoms with E-state index in [0.717, 1.165) is 0 Å². The maximum Gasteiger partial charge on any atom is 0.387 e. The molecule has 0 atom stereocenters. The van der Waals surface area contributed by atoms with E-state index in [1.165, 1.54) is 19.4 Å². The van der Waals surface area contributed by atoms with Crippen molar-refractivity contribution in [3.63, 3.8) is 0 Å². The molecule has 0 radical (unpaired) electrons. The number of carbonyl (C=O) groups excluding carboxylic acids is 1. The fourth-order valence-electron chi connectivity index (χ4n) is 2.61. The minimum atomic E-state index is -2.94. The van der Waals surface area contributed by atoms with Gasteiger partial charge in [-0.15, -0.1) is 0 Å². The number of alkyl halides is 2. The van der Waals surface area contributed by atoms with Crippen molar-refractivity contribution in [2.45, 2.75) is 13.5 Å². The average Bonchev–Trinajstić information content (AvgIpc) is 2.68. The smallest absolute Gasteiger partial charge is 0.387 e. The number of nitrogens with zero attached hydrogens (tertiary/aromatic N) is 2. The second kappa shape index (κ2) is 7.90. The van der Waals surface area contributed by atoms with Crippen molar-refractivity contribution in [2.75, 3.05) is 7.11 Å². The molecule has 0 bridgehead atoms. The zero-order valence-electron chi connectivity index (χ0n) is 14.6. The number of rotatable bonds is 5. The van der Waals surface area contributed by atoms with Gasteiger partial charge < -0.3 is 9.47 Å². The van der Waals surface area contributed by atoms with Crippen LogP contribution < -0.4 is 4.74 Å². The Labute approximate surface area is 154 Å². The monoisotopic (exact) mass is 370 g/mol. The quantitative estimate of drug-likeness (QED) is 0.619. The largest absolute Gasteiger partial charge is 0.464 e. The number of methoxy groups -OCH3 is 1. The molecule has 3 rings (SSSR count).